The van der Waals surface area contributed by atoms with Gasteiger partial charge in [0.05, 0.1) is 35.1 Å². The van der Waals surface area contributed by atoms with Gasteiger partial charge < -0.3 is 18.6 Å². The summed E-state index contributed by atoms with van der Waals surface area (Å²) in [6.07, 6.45) is 1.01. The SMILES string of the molecule is O=C(OCCCOC(=O)c1ccc2oc3ccccc3c(=O)c2c1)c1ccc2c(c1)Cc1ccccc1O2. The number of hydrogen-bond donors (Lipinski definition) is 0. The smallest absolute Gasteiger partial charge is 0.338 e. The number of para-hydroxylation sites is 2. The summed E-state index contributed by atoms with van der Waals surface area (Å²) in [4.78, 5) is 37.9. The highest BCUT2D eigenvalue weighted by atomic mass is 16.5. The van der Waals surface area contributed by atoms with Crippen LogP contribution >= 0.6 is 0 Å². The largest absolute Gasteiger partial charge is 0.462 e. The standard InChI is InChI=1S/C31H22O7/c32-29-23-7-2-4-9-27(23)38-28-13-11-21(18-24(28)29)31(34)36-15-5-14-35-30(33)20-10-12-26-22(17-20)16-19-6-1-3-8-25(19)37-26/h1-4,6-13,17-18H,5,14-16H2. The molecule has 38 heavy (non-hydrogen) atoms. The van der Waals surface area contributed by atoms with E-state index in [1.807, 2.05) is 24.3 Å². The van der Waals surface area contributed by atoms with E-state index in [2.05, 4.69) is 0 Å². The first-order valence-corrected chi connectivity index (χ1v) is 12.3. The molecule has 0 amide bonds. The van der Waals surface area contributed by atoms with Gasteiger partial charge in [-0.1, -0.05) is 30.3 Å². The fraction of sp³-hybridized carbons (Fsp3) is 0.129. The highest BCUT2D eigenvalue weighted by Crippen LogP contribution is 2.36. The number of carbonyl (C=O) groups excluding carboxylic acids is 2. The van der Waals surface area contributed by atoms with Gasteiger partial charge in [-0.2, -0.15) is 0 Å². The summed E-state index contributed by atoms with van der Waals surface area (Å²) in [6, 6.07) is 24.6. The van der Waals surface area contributed by atoms with E-state index in [0.29, 0.717) is 40.3 Å². The van der Waals surface area contributed by atoms with Crippen molar-refractivity contribution in [2.75, 3.05) is 13.2 Å². The molecule has 188 valence electrons. The van der Waals surface area contributed by atoms with E-state index in [9.17, 15) is 14.4 Å². The molecule has 0 saturated carbocycles. The van der Waals surface area contributed by atoms with Crippen molar-refractivity contribution in [2.24, 2.45) is 0 Å². The Morgan fingerprint density at radius 2 is 1.34 bits per heavy atom. The molecule has 0 unspecified atom stereocenters. The average Bonchev–Trinajstić information content (AvgIpc) is 2.95. The lowest BCUT2D eigenvalue weighted by atomic mass is 9.98. The minimum atomic E-state index is -0.569. The van der Waals surface area contributed by atoms with Crippen LogP contribution in [0.15, 0.2) is 94.1 Å². The molecular formula is C31H22O7. The molecule has 6 rings (SSSR count). The van der Waals surface area contributed by atoms with E-state index in [0.717, 1.165) is 22.6 Å². The van der Waals surface area contributed by atoms with Gasteiger partial charge in [0.15, 0.2) is 0 Å². The van der Waals surface area contributed by atoms with Gasteiger partial charge in [0.1, 0.15) is 22.7 Å². The molecule has 7 nitrogen and oxygen atoms in total. The van der Waals surface area contributed by atoms with Gasteiger partial charge in [0.25, 0.3) is 0 Å². The Morgan fingerprint density at radius 1 is 0.684 bits per heavy atom. The maximum absolute atomic E-state index is 12.8. The third kappa shape index (κ3) is 4.50. The maximum Gasteiger partial charge on any atom is 0.338 e. The van der Waals surface area contributed by atoms with Crippen molar-refractivity contribution in [3.63, 3.8) is 0 Å². The second-order valence-electron chi connectivity index (χ2n) is 8.97. The number of benzene rings is 4. The third-order valence-electron chi connectivity index (χ3n) is 6.44. The molecule has 1 aliphatic rings. The summed E-state index contributed by atoms with van der Waals surface area (Å²) in [6.45, 7) is 0.154. The average molecular weight is 507 g/mol. The topological polar surface area (TPSA) is 92.0 Å². The second-order valence-corrected chi connectivity index (χ2v) is 8.97. The third-order valence-corrected chi connectivity index (χ3v) is 6.44. The Bertz CT molecular complexity index is 1770. The lowest BCUT2D eigenvalue weighted by molar-refractivity contribution is 0.0396. The fourth-order valence-electron chi connectivity index (χ4n) is 4.50. The van der Waals surface area contributed by atoms with Crippen LogP contribution in [-0.2, 0) is 15.9 Å². The first-order valence-electron chi connectivity index (χ1n) is 12.3. The molecule has 4 aromatic carbocycles. The van der Waals surface area contributed by atoms with Gasteiger partial charge in [0.2, 0.25) is 5.43 Å². The normalized spacial score (nSPS) is 11.9. The molecule has 0 spiro atoms. The lowest BCUT2D eigenvalue weighted by Crippen LogP contribution is -2.12. The fourth-order valence-corrected chi connectivity index (χ4v) is 4.50. The van der Waals surface area contributed by atoms with Gasteiger partial charge >= 0.3 is 11.9 Å². The van der Waals surface area contributed by atoms with Crippen LogP contribution < -0.4 is 10.2 Å². The Labute approximate surface area is 217 Å². The van der Waals surface area contributed by atoms with E-state index in [4.69, 9.17) is 18.6 Å². The molecule has 1 aliphatic heterocycles. The van der Waals surface area contributed by atoms with Crippen LogP contribution in [0.2, 0.25) is 0 Å². The van der Waals surface area contributed by atoms with Crippen LogP contribution in [0.1, 0.15) is 38.3 Å². The zero-order valence-electron chi connectivity index (χ0n) is 20.3. The molecule has 0 radical (unpaired) electrons. The Morgan fingerprint density at radius 3 is 2.18 bits per heavy atom. The summed E-state index contributed by atoms with van der Waals surface area (Å²) < 4.78 is 22.4. The van der Waals surface area contributed by atoms with Gasteiger partial charge in [-0.15, -0.1) is 0 Å². The monoisotopic (exact) mass is 506 g/mol. The van der Waals surface area contributed by atoms with E-state index < -0.39 is 11.9 Å². The summed E-state index contributed by atoms with van der Waals surface area (Å²) in [5.74, 6) is 0.532. The molecule has 0 atom stereocenters. The molecule has 2 heterocycles. The first-order chi connectivity index (χ1) is 18.6. The summed E-state index contributed by atoms with van der Waals surface area (Å²) in [5.41, 5.74) is 3.35. The summed E-state index contributed by atoms with van der Waals surface area (Å²) >= 11 is 0. The zero-order valence-corrected chi connectivity index (χ0v) is 20.3. The van der Waals surface area contributed by atoms with Crippen molar-refractivity contribution in [1.82, 2.24) is 0 Å². The number of esters is 2. The van der Waals surface area contributed by atoms with Crippen molar-refractivity contribution in [3.8, 4) is 11.5 Å². The highest BCUT2D eigenvalue weighted by Gasteiger charge is 2.19. The molecule has 0 fully saturated rings. The lowest BCUT2D eigenvalue weighted by Gasteiger charge is -2.20. The molecule has 0 bridgehead atoms. The van der Waals surface area contributed by atoms with Crippen molar-refractivity contribution in [3.05, 3.63) is 117 Å². The molecule has 5 aromatic rings. The van der Waals surface area contributed by atoms with Crippen LogP contribution in [0.5, 0.6) is 11.5 Å². The number of ether oxygens (including phenoxy) is 3. The number of rotatable bonds is 6. The van der Waals surface area contributed by atoms with Crippen LogP contribution in [-0.4, -0.2) is 25.2 Å². The van der Waals surface area contributed by atoms with E-state index in [1.54, 1.807) is 54.6 Å². The summed E-state index contributed by atoms with van der Waals surface area (Å²) in [7, 11) is 0. The van der Waals surface area contributed by atoms with E-state index >= 15 is 0 Å². The van der Waals surface area contributed by atoms with Crippen LogP contribution in [0.25, 0.3) is 21.9 Å². The van der Waals surface area contributed by atoms with Crippen molar-refractivity contribution in [1.29, 1.82) is 0 Å². The van der Waals surface area contributed by atoms with E-state index in [-0.39, 0.29) is 24.2 Å². The van der Waals surface area contributed by atoms with Crippen LogP contribution in [0, 0.1) is 0 Å². The van der Waals surface area contributed by atoms with Gasteiger partial charge in [0, 0.05) is 18.4 Å². The molecule has 7 heteroatoms. The molecule has 0 N–H and O–H groups in total. The second kappa shape index (κ2) is 9.86. The van der Waals surface area contributed by atoms with Crippen LogP contribution in [0.3, 0.4) is 0 Å². The molecule has 0 saturated heterocycles. The van der Waals surface area contributed by atoms with Crippen LogP contribution in [0.4, 0.5) is 0 Å². The number of fused-ring (bicyclic) bond motifs is 4. The Hall–Kier alpha value is -4.91. The Balaban J connectivity index is 1.03. The predicted octanol–water partition coefficient (Wildman–Crippen LogP) is 6.05. The minimum Gasteiger partial charge on any atom is -0.462 e. The maximum atomic E-state index is 12.8. The molecular weight excluding hydrogens is 484 g/mol. The van der Waals surface area contributed by atoms with Gasteiger partial charge in [-0.05, 0) is 60.2 Å². The Kier molecular flexibility index (Phi) is 6.09. The van der Waals surface area contributed by atoms with E-state index in [1.165, 1.54) is 6.07 Å². The summed E-state index contributed by atoms with van der Waals surface area (Å²) in [5, 5.41) is 0.759. The zero-order chi connectivity index (χ0) is 26.1. The van der Waals surface area contributed by atoms with Crippen molar-refractivity contribution < 1.29 is 28.2 Å². The predicted molar refractivity (Wildman–Crippen MR) is 141 cm³/mol. The first kappa shape index (κ1) is 23.5. The highest BCUT2D eigenvalue weighted by molar-refractivity contribution is 5.96. The quantitative estimate of drug-likeness (QED) is 0.154. The number of carbonyl (C=O) groups is 2. The molecule has 1 aromatic heterocycles. The molecule has 0 aliphatic carbocycles. The number of hydrogen-bond acceptors (Lipinski definition) is 7. The minimum absolute atomic E-state index is 0.0608. The van der Waals surface area contributed by atoms with Gasteiger partial charge in [-0.3, -0.25) is 4.79 Å². The van der Waals surface area contributed by atoms with Crippen molar-refractivity contribution in [2.45, 2.75) is 12.8 Å². The van der Waals surface area contributed by atoms with Gasteiger partial charge in [-0.25, -0.2) is 9.59 Å². The van der Waals surface area contributed by atoms with Crippen molar-refractivity contribution >= 4 is 33.9 Å².